The molecular weight excluding hydrogens is 208 g/mol. The Morgan fingerprint density at radius 2 is 2.38 bits per heavy atom. The van der Waals surface area contributed by atoms with Gasteiger partial charge >= 0.3 is 0 Å². The van der Waals surface area contributed by atoms with E-state index in [-0.39, 0.29) is 19.1 Å². The SMILES string of the molecule is Cc1cc(NC(=O)CN(C)CCO)n(C)n1. The molecule has 0 bridgehead atoms. The highest BCUT2D eigenvalue weighted by molar-refractivity contribution is 5.91. The summed E-state index contributed by atoms with van der Waals surface area (Å²) in [4.78, 5) is 13.3. The monoisotopic (exact) mass is 226 g/mol. The van der Waals surface area contributed by atoms with Crippen molar-refractivity contribution in [2.75, 3.05) is 32.1 Å². The van der Waals surface area contributed by atoms with Gasteiger partial charge in [-0.05, 0) is 14.0 Å². The lowest BCUT2D eigenvalue weighted by Crippen LogP contribution is -2.32. The molecule has 0 fully saturated rings. The Bertz CT molecular complexity index is 362. The van der Waals surface area contributed by atoms with Crippen molar-refractivity contribution in [1.82, 2.24) is 14.7 Å². The topological polar surface area (TPSA) is 70.4 Å². The van der Waals surface area contributed by atoms with Crippen LogP contribution in [0.25, 0.3) is 0 Å². The van der Waals surface area contributed by atoms with E-state index < -0.39 is 0 Å². The molecule has 0 aliphatic heterocycles. The van der Waals surface area contributed by atoms with Gasteiger partial charge in [-0.1, -0.05) is 0 Å². The largest absolute Gasteiger partial charge is 0.395 e. The highest BCUT2D eigenvalue weighted by atomic mass is 16.3. The first kappa shape index (κ1) is 12.7. The van der Waals surface area contributed by atoms with Crippen LogP contribution in [0.1, 0.15) is 5.69 Å². The Hall–Kier alpha value is -1.40. The van der Waals surface area contributed by atoms with Crippen LogP contribution >= 0.6 is 0 Å². The van der Waals surface area contributed by atoms with Gasteiger partial charge in [0.25, 0.3) is 0 Å². The fraction of sp³-hybridized carbons (Fsp3) is 0.600. The van der Waals surface area contributed by atoms with Gasteiger partial charge in [0.15, 0.2) is 0 Å². The third-order valence-electron chi connectivity index (χ3n) is 2.16. The Morgan fingerprint density at radius 3 is 2.88 bits per heavy atom. The highest BCUT2D eigenvalue weighted by Gasteiger charge is 2.09. The number of aryl methyl sites for hydroxylation is 2. The number of likely N-dealkylation sites (N-methyl/N-ethyl adjacent to an activating group) is 1. The lowest BCUT2D eigenvalue weighted by Gasteiger charge is -2.14. The maximum atomic E-state index is 11.6. The van der Waals surface area contributed by atoms with Crippen molar-refractivity contribution in [3.8, 4) is 0 Å². The van der Waals surface area contributed by atoms with Crippen molar-refractivity contribution in [3.05, 3.63) is 11.8 Å². The lowest BCUT2D eigenvalue weighted by atomic mass is 10.4. The van der Waals surface area contributed by atoms with E-state index in [0.29, 0.717) is 12.4 Å². The fourth-order valence-electron chi connectivity index (χ4n) is 1.40. The molecule has 1 amide bonds. The summed E-state index contributed by atoms with van der Waals surface area (Å²) in [5.74, 6) is 0.568. The number of carbonyl (C=O) groups is 1. The number of carbonyl (C=O) groups excluding carboxylic acids is 1. The molecule has 1 heterocycles. The fourth-order valence-corrected chi connectivity index (χ4v) is 1.40. The number of nitrogens with one attached hydrogen (secondary N) is 1. The van der Waals surface area contributed by atoms with Crippen LogP contribution < -0.4 is 5.32 Å². The van der Waals surface area contributed by atoms with Crippen LogP contribution in [0.2, 0.25) is 0 Å². The standard InChI is InChI=1S/C10H18N4O2/c1-8-6-9(14(3)12-8)11-10(16)7-13(2)4-5-15/h6,15H,4-5,7H2,1-3H3,(H,11,16). The van der Waals surface area contributed by atoms with Crippen molar-refractivity contribution >= 4 is 11.7 Å². The molecule has 0 saturated carbocycles. The average Bonchev–Trinajstić information content (AvgIpc) is 2.44. The summed E-state index contributed by atoms with van der Waals surface area (Å²) in [6.07, 6.45) is 0. The van der Waals surface area contributed by atoms with Crippen molar-refractivity contribution in [1.29, 1.82) is 0 Å². The molecule has 0 radical (unpaired) electrons. The van der Waals surface area contributed by atoms with E-state index in [2.05, 4.69) is 10.4 Å². The van der Waals surface area contributed by atoms with Gasteiger partial charge in [0.2, 0.25) is 5.91 Å². The van der Waals surface area contributed by atoms with Gasteiger partial charge in [0.05, 0.1) is 18.8 Å². The van der Waals surface area contributed by atoms with Crippen LogP contribution in [0, 0.1) is 6.92 Å². The van der Waals surface area contributed by atoms with Crippen molar-refractivity contribution in [2.24, 2.45) is 7.05 Å². The predicted octanol–water partition coefficient (Wildman–Crippen LogP) is -0.409. The Labute approximate surface area is 94.9 Å². The normalized spacial score (nSPS) is 10.8. The summed E-state index contributed by atoms with van der Waals surface area (Å²) in [7, 11) is 3.56. The minimum Gasteiger partial charge on any atom is -0.395 e. The van der Waals surface area contributed by atoms with Gasteiger partial charge in [-0.2, -0.15) is 5.10 Å². The van der Waals surface area contributed by atoms with Crippen molar-refractivity contribution < 1.29 is 9.90 Å². The Kier molecular flexibility index (Phi) is 4.45. The van der Waals surface area contributed by atoms with Crippen LogP contribution in [0.15, 0.2) is 6.07 Å². The zero-order valence-corrected chi connectivity index (χ0v) is 9.90. The van der Waals surface area contributed by atoms with Gasteiger partial charge in [0, 0.05) is 19.7 Å². The second-order valence-corrected chi connectivity index (χ2v) is 3.80. The smallest absolute Gasteiger partial charge is 0.239 e. The molecule has 90 valence electrons. The molecule has 0 aliphatic rings. The minimum absolute atomic E-state index is 0.0502. The first-order chi connectivity index (χ1) is 7.52. The number of aliphatic hydroxyl groups excluding tert-OH is 1. The molecular formula is C10H18N4O2. The van der Waals surface area contributed by atoms with Gasteiger partial charge in [-0.15, -0.1) is 0 Å². The van der Waals surface area contributed by atoms with Crippen LogP contribution in [0.5, 0.6) is 0 Å². The third kappa shape index (κ3) is 3.63. The summed E-state index contributed by atoms with van der Waals surface area (Å²) in [5, 5.41) is 15.6. The van der Waals surface area contributed by atoms with Crippen LogP contribution in [0.3, 0.4) is 0 Å². The van der Waals surface area contributed by atoms with Crippen LogP contribution in [-0.4, -0.2) is 52.4 Å². The van der Waals surface area contributed by atoms with Crippen LogP contribution in [0.4, 0.5) is 5.82 Å². The van der Waals surface area contributed by atoms with Crippen molar-refractivity contribution in [3.63, 3.8) is 0 Å². The molecule has 1 aromatic rings. The number of hydrogen-bond donors (Lipinski definition) is 2. The minimum atomic E-state index is -0.112. The Morgan fingerprint density at radius 1 is 1.69 bits per heavy atom. The summed E-state index contributed by atoms with van der Waals surface area (Å²) in [6.45, 7) is 2.66. The predicted molar refractivity (Wildman–Crippen MR) is 61.2 cm³/mol. The van der Waals surface area contributed by atoms with E-state index in [1.807, 2.05) is 13.0 Å². The number of hydrogen-bond acceptors (Lipinski definition) is 4. The number of amides is 1. The summed E-state index contributed by atoms with van der Waals surface area (Å²) < 4.78 is 1.62. The van der Waals surface area contributed by atoms with Gasteiger partial charge < -0.3 is 10.4 Å². The van der Waals surface area contributed by atoms with E-state index in [0.717, 1.165) is 5.69 Å². The second kappa shape index (κ2) is 5.62. The molecule has 0 aromatic carbocycles. The molecule has 6 nitrogen and oxygen atoms in total. The summed E-state index contributed by atoms with van der Waals surface area (Å²) in [6, 6.07) is 1.81. The third-order valence-corrected chi connectivity index (χ3v) is 2.16. The molecule has 16 heavy (non-hydrogen) atoms. The first-order valence-corrected chi connectivity index (χ1v) is 5.13. The maximum absolute atomic E-state index is 11.6. The van der Waals surface area contributed by atoms with Gasteiger partial charge in [-0.3, -0.25) is 14.4 Å². The molecule has 0 atom stereocenters. The number of aliphatic hydroxyl groups is 1. The van der Waals surface area contributed by atoms with Crippen LogP contribution in [-0.2, 0) is 11.8 Å². The zero-order valence-electron chi connectivity index (χ0n) is 9.90. The summed E-state index contributed by atoms with van der Waals surface area (Å²) >= 11 is 0. The molecule has 0 spiro atoms. The van der Waals surface area contributed by atoms with Gasteiger partial charge in [-0.25, -0.2) is 0 Å². The first-order valence-electron chi connectivity index (χ1n) is 5.13. The second-order valence-electron chi connectivity index (χ2n) is 3.80. The van der Waals surface area contributed by atoms with Gasteiger partial charge in [0.1, 0.15) is 5.82 Å². The number of aromatic nitrogens is 2. The molecule has 0 unspecified atom stereocenters. The maximum Gasteiger partial charge on any atom is 0.239 e. The van der Waals surface area contributed by atoms with E-state index >= 15 is 0 Å². The highest BCUT2D eigenvalue weighted by Crippen LogP contribution is 2.07. The lowest BCUT2D eigenvalue weighted by molar-refractivity contribution is -0.117. The quantitative estimate of drug-likeness (QED) is 0.716. The van der Waals surface area contributed by atoms with E-state index in [1.165, 1.54) is 0 Å². The summed E-state index contributed by atoms with van der Waals surface area (Å²) in [5.41, 5.74) is 0.863. The molecule has 1 rings (SSSR count). The average molecular weight is 226 g/mol. The van der Waals surface area contributed by atoms with E-state index in [4.69, 9.17) is 5.11 Å². The number of nitrogens with zero attached hydrogens (tertiary/aromatic N) is 3. The molecule has 0 saturated heterocycles. The molecule has 1 aromatic heterocycles. The Balaban J connectivity index is 2.48. The van der Waals surface area contributed by atoms with Crippen molar-refractivity contribution in [2.45, 2.75) is 6.92 Å². The number of anilines is 1. The molecule has 6 heteroatoms. The number of rotatable bonds is 5. The molecule has 0 aliphatic carbocycles. The van der Waals surface area contributed by atoms with E-state index in [9.17, 15) is 4.79 Å². The zero-order chi connectivity index (χ0) is 12.1. The molecule has 2 N–H and O–H groups in total. The van der Waals surface area contributed by atoms with E-state index in [1.54, 1.807) is 23.7 Å².